The first-order valence-electron chi connectivity index (χ1n) is 11.7. The summed E-state index contributed by atoms with van der Waals surface area (Å²) < 4.78 is 21.8. The van der Waals surface area contributed by atoms with E-state index in [-0.39, 0.29) is 35.7 Å². The van der Waals surface area contributed by atoms with E-state index in [1.807, 2.05) is 24.3 Å². The minimum absolute atomic E-state index is 0.0116. The lowest BCUT2D eigenvalue weighted by molar-refractivity contribution is 0.214. The Labute approximate surface area is 210 Å². The van der Waals surface area contributed by atoms with E-state index < -0.39 is 0 Å². The average Bonchev–Trinajstić information content (AvgIpc) is 2.93. The maximum Gasteiger partial charge on any atom is 0.319 e. The number of hydrogen-bond acceptors (Lipinski definition) is 8. The molecule has 0 spiro atoms. The Kier molecular flexibility index (Phi) is 6.66. The van der Waals surface area contributed by atoms with Gasteiger partial charge < -0.3 is 18.9 Å². The molecule has 0 amide bonds. The third kappa shape index (κ3) is 4.30. The monoisotopic (exact) mass is 484 g/mol. The van der Waals surface area contributed by atoms with Crippen LogP contribution in [0, 0.1) is 0 Å². The van der Waals surface area contributed by atoms with E-state index in [0.29, 0.717) is 11.8 Å². The van der Waals surface area contributed by atoms with Crippen molar-refractivity contribution in [3.05, 3.63) is 95.3 Å². The maximum absolute atomic E-state index is 5.49. The van der Waals surface area contributed by atoms with E-state index in [4.69, 9.17) is 28.9 Å². The Morgan fingerprint density at radius 3 is 1.19 bits per heavy atom. The van der Waals surface area contributed by atoms with Crippen LogP contribution < -0.4 is 18.9 Å². The average molecular weight is 485 g/mol. The summed E-state index contributed by atoms with van der Waals surface area (Å²) in [4.78, 5) is 18.2. The van der Waals surface area contributed by atoms with Gasteiger partial charge in [-0.2, -0.15) is 19.9 Å². The van der Waals surface area contributed by atoms with E-state index in [2.05, 4.69) is 58.5 Å². The molecule has 0 aliphatic heterocycles. The van der Waals surface area contributed by atoms with Gasteiger partial charge in [0.2, 0.25) is 11.8 Å². The fourth-order valence-electron chi connectivity index (χ4n) is 5.24. The van der Waals surface area contributed by atoms with Gasteiger partial charge in [0.15, 0.2) is 0 Å². The zero-order valence-corrected chi connectivity index (χ0v) is 20.7. The van der Waals surface area contributed by atoms with Crippen LogP contribution >= 0.6 is 0 Å². The maximum atomic E-state index is 5.49. The van der Waals surface area contributed by atoms with E-state index in [9.17, 15) is 0 Å². The van der Waals surface area contributed by atoms with E-state index in [0.717, 1.165) is 11.4 Å². The number of benzene rings is 2. The summed E-state index contributed by atoms with van der Waals surface area (Å²) in [5, 5.41) is 0. The van der Waals surface area contributed by atoms with Crippen molar-refractivity contribution in [3.63, 3.8) is 0 Å². The van der Waals surface area contributed by atoms with Gasteiger partial charge in [-0.3, -0.25) is 0 Å². The molecule has 8 nitrogen and oxygen atoms in total. The van der Waals surface area contributed by atoms with Crippen molar-refractivity contribution in [1.82, 2.24) is 19.9 Å². The van der Waals surface area contributed by atoms with Crippen molar-refractivity contribution in [2.45, 2.75) is 23.7 Å². The quantitative estimate of drug-likeness (QED) is 0.354. The minimum atomic E-state index is 0.0116. The molecule has 1 fully saturated rings. The lowest BCUT2D eigenvalue weighted by atomic mass is 9.50. The highest BCUT2D eigenvalue weighted by atomic mass is 16.5. The van der Waals surface area contributed by atoms with Gasteiger partial charge in [0.05, 0.1) is 39.8 Å². The van der Waals surface area contributed by atoms with Crippen LogP contribution in [0.25, 0.3) is 0 Å². The first-order chi connectivity index (χ1) is 17.7. The second kappa shape index (κ2) is 10.2. The van der Waals surface area contributed by atoms with Gasteiger partial charge >= 0.3 is 12.0 Å². The van der Waals surface area contributed by atoms with Crippen LogP contribution in [0.2, 0.25) is 0 Å². The van der Waals surface area contributed by atoms with Crippen LogP contribution in [0.4, 0.5) is 0 Å². The van der Waals surface area contributed by atoms with Crippen LogP contribution in [0.15, 0.2) is 72.8 Å². The van der Waals surface area contributed by atoms with Crippen LogP contribution in [0.3, 0.4) is 0 Å². The van der Waals surface area contributed by atoms with Crippen molar-refractivity contribution in [2.24, 2.45) is 0 Å². The molecule has 0 radical (unpaired) electrons. The molecule has 5 rings (SSSR count). The van der Waals surface area contributed by atoms with Gasteiger partial charge in [-0.1, -0.05) is 60.7 Å². The number of nitrogens with zero attached hydrogens (tertiary/aromatic N) is 4. The SMILES string of the molecule is COc1cc([C@H]2[C@H](c3ccccc3)[C@H](c3cc(OC)nc(OC)n3)[C@H]2c2ccccc2)nc(OC)n1. The van der Waals surface area contributed by atoms with Crippen molar-refractivity contribution < 1.29 is 18.9 Å². The van der Waals surface area contributed by atoms with Crippen LogP contribution in [0.5, 0.6) is 23.8 Å². The van der Waals surface area contributed by atoms with Crippen LogP contribution in [0.1, 0.15) is 46.2 Å². The standard InChI is InChI=1S/C28H28N4O4/c1-33-21-15-19(29-27(31-21)35-3)25-23(17-11-7-5-8-12-17)26(24(25)18-13-9-6-10-14-18)20-16-22(34-2)32-28(30-20)36-4/h5-16,23-26H,1-4H3/t23-,24-,25-,26-. The van der Waals surface area contributed by atoms with Crippen molar-refractivity contribution in [1.29, 1.82) is 0 Å². The number of ether oxygens (including phenoxy) is 4. The first kappa shape index (κ1) is 23.5. The predicted octanol–water partition coefficient (Wildman–Crippen LogP) is 4.75. The van der Waals surface area contributed by atoms with Crippen molar-refractivity contribution in [3.8, 4) is 23.8 Å². The van der Waals surface area contributed by atoms with Crippen molar-refractivity contribution >= 4 is 0 Å². The number of rotatable bonds is 8. The lowest BCUT2D eigenvalue weighted by Gasteiger charge is -2.52. The van der Waals surface area contributed by atoms with Gasteiger partial charge in [-0.05, 0) is 11.1 Å². The molecule has 184 valence electrons. The van der Waals surface area contributed by atoms with Crippen LogP contribution in [-0.4, -0.2) is 48.4 Å². The molecule has 2 aromatic carbocycles. The summed E-state index contributed by atoms with van der Waals surface area (Å²) in [5.41, 5.74) is 4.08. The molecule has 0 atom stereocenters. The molecule has 1 aliphatic rings. The summed E-state index contributed by atoms with van der Waals surface area (Å²) in [6, 6.07) is 25.2. The number of methoxy groups -OCH3 is 4. The topological polar surface area (TPSA) is 88.5 Å². The fourth-order valence-corrected chi connectivity index (χ4v) is 5.24. The zero-order valence-electron chi connectivity index (χ0n) is 20.7. The second-order valence-corrected chi connectivity index (χ2v) is 8.57. The molecular formula is C28H28N4O4. The molecule has 4 aromatic rings. The molecule has 0 N–H and O–H groups in total. The predicted molar refractivity (Wildman–Crippen MR) is 134 cm³/mol. The van der Waals surface area contributed by atoms with Gasteiger partial charge in [0.1, 0.15) is 0 Å². The Morgan fingerprint density at radius 1 is 0.472 bits per heavy atom. The number of hydrogen-bond donors (Lipinski definition) is 0. The van der Waals surface area contributed by atoms with Gasteiger partial charge in [0, 0.05) is 35.8 Å². The summed E-state index contributed by atoms with van der Waals surface area (Å²) in [6.45, 7) is 0. The third-order valence-electron chi connectivity index (χ3n) is 6.79. The lowest BCUT2D eigenvalue weighted by Crippen LogP contribution is -2.41. The summed E-state index contributed by atoms with van der Waals surface area (Å²) in [5.74, 6) is 1.07. The van der Waals surface area contributed by atoms with Gasteiger partial charge in [0.25, 0.3) is 0 Å². The Morgan fingerprint density at radius 2 is 0.861 bits per heavy atom. The Hall–Kier alpha value is -4.20. The first-order valence-corrected chi connectivity index (χ1v) is 11.7. The molecule has 0 bridgehead atoms. The molecule has 1 aliphatic carbocycles. The third-order valence-corrected chi connectivity index (χ3v) is 6.79. The largest absolute Gasteiger partial charge is 0.481 e. The van der Waals surface area contributed by atoms with Crippen LogP contribution in [-0.2, 0) is 0 Å². The van der Waals surface area contributed by atoms with E-state index in [1.165, 1.54) is 11.1 Å². The van der Waals surface area contributed by atoms with Gasteiger partial charge in [-0.25, -0.2) is 0 Å². The highest BCUT2D eigenvalue weighted by Crippen LogP contribution is 2.66. The summed E-state index contributed by atoms with van der Waals surface area (Å²) in [6.07, 6.45) is 0. The molecule has 8 heteroatoms. The Bertz CT molecular complexity index is 1160. The zero-order chi connectivity index (χ0) is 25.1. The summed E-state index contributed by atoms with van der Waals surface area (Å²) in [7, 11) is 6.31. The molecule has 2 heterocycles. The molecular weight excluding hydrogens is 456 g/mol. The molecule has 2 aromatic heterocycles. The van der Waals surface area contributed by atoms with E-state index >= 15 is 0 Å². The van der Waals surface area contributed by atoms with Gasteiger partial charge in [-0.15, -0.1) is 0 Å². The second-order valence-electron chi connectivity index (χ2n) is 8.57. The summed E-state index contributed by atoms with van der Waals surface area (Å²) >= 11 is 0. The Balaban J connectivity index is 1.72. The normalized spacial score (nSPS) is 20.8. The molecule has 0 saturated heterocycles. The minimum Gasteiger partial charge on any atom is -0.481 e. The smallest absolute Gasteiger partial charge is 0.319 e. The number of aromatic nitrogens is 4. The molecule has 0 unspecified atom stereocenters. The molecule has 36 heavy (non-hydrogen) atoms. The fraction of sp³-hybridized carbons (Fsp3) is 0.286. The molecule has 1 saturated carbocycles. The van der Waals surface area contributed by atoms with Crippen molar-refractivity contribution in [2.75, 3.05) is 28.4 Å². The van der Waals surface area contributed by atoms with E-state index in [1.54, 1.807) is 28.4 Å². The highest BCUT2D eigenvalue weighted by molar-refractivity contribution is 5.46. The highest BCUT2D eigenvalue weighted by Gasteiger charge is 2.54.